The van der Waals surface area contributed by atoms with Crippen LogP contribution in [0.5, 0.6) is 0 Å². The Morgan fingerprint density at radius 2 is 1.86 bits per heavy atom. The third-order valence-corrected chi connectivity index (χ3v) is 5.76. The van der Waals surface area contributed by atoms with E-state index in [2.05, 4.69) is 5.32 Å². The standard InChI is InChI=1S/C9H19N3OS/c1-12(8-4-6-11-7-5-8)14(10,13)9-2-3-9/h8-11H,2-7H2,1H3. The highest BCUT2D eigenvalue weighted by Crippen LogP contribution is 2.32. The number of piperidine rings is 1. The van der Waals surface area contributed by atoms with Gasteiger partial charge in [0.05, 0.1) is 5.25 Å². The first-order valence-electron chi connectivity index (χ1n) is 5.33. The number of nitrogens with one attached hydrogen (secondary N) is 2. The molecule has 5 heteroatoms. The van der Waals surface area contributed by atoms with Crippen molar-refractivity contribution >= 4 is 9.92 Å². The van der Waals surface area contributed by atoms with Crippen molar-refractivity contribution in [3.05, 3.63) is 0 Å². The first kappa shape index (κ1) is 10.4. The predicted octanol–water partition coefficient (Wildman–Crippen LogP) is 0.794. The fourth-order valence-electron chi connectivity index (χ4n) is 2.01. The van der Waals surface area contributed by atoms with Crippen molar-refractivity contribution in [3.8, 4) is 0 Å². The first-order chi connectivity index (χ1) is 6.62. The van der Waals surface area contributed by atoms with Gasteiger partial charge in [0.25, 0.3) is 0 Å². The van der Waals surface area contributed by atoms with E-state index in [0.717, 1.165) is 38.8 Å². The van der Waals surface area contributed by atoms with E-state index >= 15 is 0 Å². The molecule has 0 radical (unpaired) electrons. The highest BCUT2D eigenvalue weighted by molar-refractivity contribution is 7.91. The average Bonchev–Trinajstić information content (AvgIpc) is 3.01. The Kier molecular flexibility index (Phi) is 2.81. The molecule has 0 spiro atoms. The maximum absolute atomic E-state index is 12.1. The van der Waals surface area contributed by atoms with Gasteiger partial charge < -0.3 is 5.32 Å². The maximum atomic E-state index is 12.1. The highest BCUT2D eigenvalue weighted by Gasteiger charge is 2.37. The molecule has 1 saturated carbocycles. The molecular formula is C9H19N3OS. The van der Waals surface area contributed by atoms with E-state index in [4.69, 9.17) is 4.78 Å². The van der Waals surface area contributed by atoms with Crippen molar-refractivity contribution in [2.45, 2.75) is 37.0 Å². The second-order valence-corrected chi connectivity index (χ2v) is 6.68. The van der Waals surface area contributed by atoms with Crippen LogP contribution in [-0.2, 0) is 9.92 Å². The van der Waals surface area contributed by atoms with E-state index in [1.807, 2.05) is 11.4 Å². The minimum absolute atomic E-state index is 0.155. The van der Waals surface area contributed by atoms with Crippen LogP contribution < -0.4 is 5.32 Å². The van der Waals surface area contributed by atoms with E-state index in [1.165, 1.54) is 0 Å². The summed E-state index contributed by atoms with van der Waals surface area (Å²) in [5.41, 5.74) is 0. The van der Waals surface area contributed by atoms with Gasteiger partial charge in [-0.15, -0.1) is 0 Å². The summed E-state index contributed by atoms with van der Waals surface area (Å²) in [5.74, 6) is 0. The van der Waals surface area contributed by atoms with Gasteiger partial charge >= 0.3 is 0 Å². The number of hydrogen-bond acceptors (Lipinski definition) is 3. The third kappa shape index (κ3) is 1.94. The summed E-state index contributed by atoms with van der Waals surface area (Å²) in [4.78, 5) is 0. The molecule has 0 aromatic heterocycles. The van der Waals surface area contributed by atoms with Gasteiger partial charge in [-0.3, -0.25) is 0 Å². The van der Waals surface area contributed by atoms with E-state index in [-0.39, 0.29) is 5.25 Å². The predicted molar refractivity (Wildman–Crippen MR) is 57.5 cm³/mol. The second-order valence-electron chi connectivity index (χ2n) is 4.30. The zero-order valence-electron chi connectivity index (χ0n) is 8.66. The van der Waals surface area contributed by atoms with Crippen LogP contribution in [0.3, 0.4) is 0 Å². The minimum Gasteiger partial charge on any atom is -0.317 e. The fourth-order valence-corrected chi connectivity index (χ4v) is 3.91. The molecule has 1 unspecified atom stereocenters. The SMILES string of the molecule is CN(C1CCNCC1)S(=N)(=O)C1CC1. The molecule has 0 aromatic rings. The van der Waals surface area contributed by atoms with Gasteiger partial charge in [0, 0.05) is 13.1 Å². The zero-order valence-corrected chi connectivity index (χ0v) is 9.48. The number of rotatable bonds is 3. The van der Waals surface area contributed by atoms with Gasteiger partial charge in [-0.25, -0.2) is 13.3 Å². The molecule has 14 heavy (non-hydrogen) atoms. The van der Waals surface area contributed by atoms with Gasteiger partial charge in [0.15, 0.2) is 0 Å². The van der Waals surface area contributed by atoms with Crippen LogP contribution in [0.25, 0.3) is 0 Å². The summed E-state index contributed by atoms with van der Waals surface area (Å²) in [5, 5.41) is 3.44. The Bertz CT molecular complexity index is 291. The van der Waals surface area contributed by atoms with Crippen molar-refractivity contribution in [2.24, 2.45) is 0 Å². The van der Waals surface area contributed by atoms with Crippen molar-refractivity contribution in [1.82, 2.24) is 9.62 Å². The lowest BCUT2D eigenvalue weighted by atomic mass is 10.1. The smallest absolute Gasteiger partial charge is 0.110 e. The Hall–Kier alpha value is -0.130. The molecule has 1 aliphatic heterocycles. The van der Waals surface area contributed by atoms with Gasteiger partial charge in [-0.05, 0) is 38.8 Å². The van der Waals surface area contributed by atoms with Crippen LogP contribution in [0, 0.1) is 4.78 Å². The molecule has 1 heterocycles. The quantitative estimate of drug-likeness (QED) is 0.734. The molecule has 2 N–H and O–H groups in total. The van der Waals surface area contributed by atoms with Crippen molar-refractivity contribution < 1.29 is 4.21 Å². The Morgan fingerprint density at radius 3 is 2.36 bits per heavy atom. The molecule has 2 fully saturated rings. The van der Waals surface area contributed by atoms with E-state index < -0.39 is 9.92 Å². The molecule has 1 atom stereocenters. The minimum atomic E-state index is -2.46. The molecule has 0 amide bonds. The van der Waals surface area contributed by atoms with Crippen LogP contribution in [0.4, 0.5) is 0 Å². The zero-order chi connectivity index (χ0) is 10.2. The molecule has 0 aromatic carbocycles. The molecule has 2 rings (SSSR count). The molecule has 0 bridgehead atoms. The molecule has 4 nitrogen and oxygen atoms in total. The fraction of sp³-hybridized carbons (Fsp3) is 1.00. The van der Waals surface area contributed by atoms with Gasteiger partial charge in [-0.1, -0.05) is 0 Å². The largest absolute Gasteiger partial charge is 0.317 e. The second kappa shape index (κ2) is 3.79. The normalized spacial score (nSPS) is 29.0. The Labute approximate surface area is 86.2 Å². The topological polar surface area (TPSA) is 56.2 Å². The lowest BCUT2D eigenvalue weighted by Gasteiger charge is -2.32. The number of nitrogens with zero attached hydrogens (tertiary/aromatic N) is 1. The molecule has 1 aliphatic carbocycles. The van der Waals surface area contributed by atoms with Gasteiger partial charge in [0.1, 0.15) is 9.92 Å². The van der Waals surface area contributed by atoms with Crippen LogP contribution in [-0.4, -0.2) is 39.9 Å². The van der Waals surface area contributed by atoms with Gasteiger partial charge in [-0.2, -0.15) is 0 Å². The molecular weight excluding hydrogens is 198 g/mol. The van der Waals surface area contributed by atoms with Gasteiger partial charge in [0.2, 0.25) is 0 Å². The van der Waals surface area contributed by atoms with Crippen LogP contribution in [0.15, 0.2) is 0 Å². The van der Waals surface area contributed by atoms with E-state index in [0.29, 0.717) is 6.04 Å². The summed E-state index contributed by atoms with van der Waals surface area (Å²) in [7, 11) is -0.595. The van der Waals surface area contributed by atoms with Crippen LogP contribution in [0.2, 0.25) is 0 Å². The molecule has 2 aliphatic rings. The van der Waals surface area contributed by atoms with E-state index in [9.17, 15) is 4.21 Å². The first-order valence-corrected chi connectivity index (χ1v) is 6.91. The van der Waals surface area contributed by atoms with Crippen molar-refractivity contribution in [2.75, 3.05) is 20.1 Å². The summed E-state index contributed by atoms with van der Waals surface area (Å²) in [6.45, 7) is 1.99. The lowest BCUT2D eigenvalue weighted by molar-refractivity contribution is 0.304. The Balaban J connectivity index is 2.02. The monoisotopic (exact) mass is 217 g/mol. The maximum Gasteiger partial charge on any atom is 0.110 e. The summed E-state index contributed by atoms with van der Waals surface area (Å²) in [6.07, 6.45) is 4.02. The van der Waals surface area contributed by atoms with Crippen LogP contribution >= 0.6 is 0 Å². The summed E-state index contributed by atoms with van der Waals surface area (Å²) in [6, 6.07) is 0.349. The lowest BCUT2D eigenvalue weighted by Crippen LogP contribution is -2.44. The molecule has 1 saturated heterocycles. The Morgan fingerprint density at radius 1 is 1.29 bits per heavy atom. The van der Waals surface area contributed by atoms with Crippen molar-refractivity contribution in [3.63, 3.8) is 0 Å². The third-order valence-electron chi connectivity index (χ3n) is 3.23. The molecule has 82 valence electrons. The van der Waals surface area contributed by atoms with E-state index in [1.54, 1.807) is 0 Å². The summed E-state index contributed by atoms with van der Waals surface area (Å²) >= 11 is 0. The summed E-state index contributed by atoms with van der Waals surface area (Å²) < 4.78 is 21.9. The average molecular weight is 217 g/mol. The van der Waals surface area contributed by atoms with Crippen LogP contribution in [0.1, 0.15) is 25.7 Å². The van der Waals surface area contributed by atoms with Crippen molar-refractivity contribution in [1.29, 1.82) is 4.78 Å². The number of hydrogen-bond donors (Lipinski definition) is 2. The highest BCUT2D eigenvalue weighted by atomic mass is 32.2.